The third-order valence-corrected chi connectivity index (χ3v) is 10.8. The van der Waals surface area contributed by atoms with Gasteiger partial charge in [0, 0.05) is 0 Å². The highest BCUT2D eigenvalue weighted by molar-refractivity contribution is 5.99. The molecule has 24 heteroatoms. The van der Waals surface area contributed by atoms with Crippen molar-refractivity contribution in [3.63, 3.8) is 0 Å². The first-order chi connectivity index (χ1) is 31.0. The van der Waals surface area contributed by atoms with Gasteiger partial charge in [-0.3, -0.25) is 43.2 Å². The molecule has 0 bridgehead atoms. The van der Waals surface area contributed by atoms with Crippen molar-refractivity contribution in [1.29, 1.82) is 0 Å². The summed E-state index contributed by atoms with van der Waals surface area (Å²) >= 11 is 0. The molecule has 0 heterocycles. The minimum atomic E-state index is -1.72. The molecule has 0 fully saturated rings. The number of hydrogen-bond donors (Lipinski definition) is 14. The summed E-state index contributed by atoms with van der Waals surface area (Å²) in [6, 6.07) is -12.6. The molecule has 24 nitrogen and oxygen atoms in total. The maximum absolute atomic E-state index is 13.9. The smallest absolute Gasteiger partial charge is 0.326 e. The van der Waals surface area contributed by atoms with E-state index in [1.54, 1.807) is 55.4 Å². The Labute approximate surface area is 392 Å². The molecule has 0 radical (unpaired) electrons. The Balaban J connectivity index is 6.38. The number of aliphatic hydroxyl groups excluding tert-OH is 2. The number of carbonyl (C=O) groups excluding carboxylic acids is 9. The van der Waals surface area contributed by atoms with E-state index in [0.717, 1.165) is 0 Å². The summed E-state index contributed by atoms with van der Waals surface area (Å²) in [6.07, 6.45) is -2.33. The number of unbranched alkanes of at least 4 members (excludes halogenated alkanes) is 1. The monoisotopic (exact) mass is 958 g/mol. The lowest BCUT2D eigenvalue weighted by Crippen LogP contribution is -2.64. The zero-order valence-corrected chi connectivity index (χ0v) is 40.8. The van der Waals surface area contributed by atoms with Gasteiger partial charge in [-0.2, -0.15) is 0 Å². The Kier molecular flexibility index (Phi) is 27.6. The van der Waals surface area contributed by atoms with E-state index in [1.165, 1.54) is 20.8 Å². The van der Waals surface area contributed by atoms with E-state index >= 15 is 0 Å². The summed E-state index contributed by atoms with van der Waals surface area (Å²) in [7, 11) is 0. The number of carboxylic acids is 1. The first-order valence-electron chi connectivity index (χ1n) is 22.8. The van der Waals surface area contributed by atoms with Gasteiger partial charge >= 0.3 is 5.97 Å². The second kappa shape index (κ2) is 30.0. The molecule has 0 unspecified atom stereocenters. The molecule has 0 saturated carbocycles. The summed E-state index contributed by atoms with van der Waals surface area (Å²) < 4.78 is 0. The molecule has 9 amide bonds. The van der Waals surface area contributed by atoms with Crippen LogP contribution in [0.5, 0.6) is 0 Å². The Morgan fingerprint density at radius 1 is 0.493 bits per heavy atom. The first kappa shape index (κ1) is 61.5. The lowest BCUT2D eigenvalue weighted by atomic mass is 9.96. The number of aliphatic hydroxyl groups is 2. The van der Waals surface area contributed by atoms with Crippen LogP contribution in [0.2, 0.25) is 0 Å². The molecule has 12 atom stereocenters. The number of primary amides is 1. The third kappa shape index (κ3) is 21.8. The van der Waals surface area contributed by atoms with E-state index in [9.17, 15) is 63.3 Å². The predicted octanol–water partition coefficient (Wildman–Crippen LogP) is -3.53. The minimum Gasteiger partial charge on any atom is -0.480 e. The number of nitrogens with two attached hydrogens (primary N) is 3. The molecule has 0 rings (SSSR count). The van der Waals surface area contributed by atoms with Crippen LogP contribution in [0.1, 0.15) is 115 Å². The molecule has 0 aliphatic heterocycles. The number of carboxylic acid groups (broad SMARTS) is 1. The zero-order valence-electron chi connectivity index (χ0n) is 40.8. The van der Waals surface area contributed by atoms with E-state index in [1.807, 2.05) is 0 Å². The predicted molar refractivity (Wildman–Crippen MR) is 245 cm³/mol. The van der Waals surface area contributed by atoms with Crippen LogP contribution < -0.4 is 59.7 Å². The minimum absolute atomic E-state index is 0.0443. The fraction of sp³-hybridized carbons (Fsp3) is 0.767. The van der Waals surface area contributed by atoms with Gasteiger partial charge in [0.1, 0.15) is 48.3 Å². The van der Waals surface area contributed by atoms with Gasteiger partial charge in [0.2, 0.25) is 53.2 Å². The fourth-order valence-electron chi connectivity index (χ4n) is 6.51. The van der Waals surface area contributed by atoms with E-state index < -0.39 is 150 Å². The summed E-state index contributed by atoms with van der Waals surface area (Å²) in [5.41, 5.74) is 16.4. The Morgan fingerprint density at radius 2 is 0.866 bits per heavy atom. The molecule has 67 heavy (non-hydrogen) atoms. The number of nitrogens with one attached hydrogen (secondary N) is 8. The van der Waals surface area contributed by atoms with Gasteiger partial charge in [-0.1, -0.05) is 61.8 Å². The van der Waals surface area contributed by atoms with Crippen molar-refractivity contribution in [1.82, 2.24) is 42.5 Å². The average molecular weight is 958 g/mol. The van der Waals surface area contributed by atoms with Crippen LogP contribution in [0, 0.1) is 23.7 Å². The van der Waals surface area contributed by atoms with Gasteiger partial charge in [-0.15, -0.1) is 0 Å². The summed E-state index contributed by atoms with van der Waals surface area (Å²) in [6.45, 7) is 17.2. The molecule has 384 valence electrons. The zero-order chi connectivity index (χ0) is 52.0. The van der Waals surface area contributed by atoms with Crippen LogP contribution in [-0.4, -0.2) is 148 Å². The average Bonchev–Trinajstić information content (AvgIpc) is 3.22. The fourth-order valence-corrected chi connectivity index (χ4v) is 6.51. The molecule has 0 aromatic carbocycles. The van der Waals surface area contributed by atoms with Crippen LogP contribution in [-0.2, 0) is 47.9 Å². The topological polar surface area (TPSA) is 406 Å². The van der Waals surface area contributed by atoms with E-state index in [-0.39, 0.29) is 18.8 Å². The molecular weight excluding hydrogens is 879 g/mol. The van der Waals surface area contributed by atoms with Crippen molar-refractivity contribution in [2.75, 3.05) is 6.54 Å². The van der Waals surface area contributed by atoms with Crippen molar-refractivity contribution in [2.45, 2.75) is 181 Å². The normalized spacial score (nSPS) is 16.8. The second-order valence-corrected chi connectivity index (χ2v) is 18.2. The highest BCUT2D eigenvalue weighted by Crippen LogP contribution is 2.14. The lowest BCUT2D eigenvalue weighted by molar-refractivity contribution is -0.143. The van der Waals surface area contributed by atoms with Crippen LogP contribution >= 0.6 is 0 Å². The Bertz CT molecular complexity index is 1690. The van der Waals surface area contributed by atoms with Gasteiger partial charge < -0.3 is 75.1 Å². The van der Waals surface area contributed by atoms with Gasteiger partial charge in [-0.05, 0) is 76.7 Å². The number of hydrogen-bond acceptors (Lipinski definition) is 14. The highest BCUT2D eigenvalue weighted by Gasteiger charge is 2.39. The van der Waals surface area contributed by atoms with Gasteiger partial charge in [0.15, 0.2) is 0 Å². The maximum Gasteiger partial charge on any atom is 0.326 e. The number of carbonyl (C=O) groups is 10. The van der Waals surface area contributed by atoms with Gasteiger partial charge in [0.25, 0.3) is 0 Å². The molecule has 0 aromatic heterocycles. The summed E-state index contributed by atoms with van der Waals surface area (Å²) in [5.74, 6) is -11.5. The van der Waals surface area contributed by atoms with Crippen molar-refractivity contribution in [3.05, 3.63) is 0 Å². The Morgan fingerprint density at radius 3 is 1.24 bits per heavy atom. The third-order valence-electron chi connectivity index (χ3n) is 10.8. The van der Waals surface area contributed by atoms with Crippen molar-refractivity contribution in [2.24, 2.45) is 40.9 Å². The molecule has 0 aliphatic carbocycles. The summed E-state index contributed by atoms with van der Waals surface area (Å²) in [5, 5.41) is 50.6. The molecule has 0 saturated heterocycles. The number of aliphatic carboxylic acids is 1. The molecule has 17 N–H and O–H groups in total. The first-order valence-corrected chi connectivity index (χ1v) is 22.8. The van der Waals surface area contributed by atoms with E-state index in [4.69, 9.17) is 17.2 Å². The quantitative estimate of drug-likeness (QED) is 0.0300. The van der Waals surface area contributed by atoms with Gasteiger partial charge in [0.05, 0.1) is 24.7 Å². The van der Waals surface area contributed by atoms with Crippen LogP contribution in [0.4, 0.5) is 0 Å². The van der Waals surface area contributed by atoms with Crippen LogP contribution in [0.15, 0.2) is 0 Å². The highest BCUT2D eigenvalue weighted by atomic mass is 16.4. The van der Waals surface area contributed by atoms with Crippen molar-refractivity contribution >= 4 is 59.1 Å². The van der Waals surface area contributed by atoms with Crippen LogP contribution in [0.3, 0.4) is 0 Å². The molecule has 0 spiro atoms. The SMILES string of the molecule is CC[C@H](C)[C@H](NC(=O)[C@H](CC(C)C)NC(=O)[C@H](CC(N)=O)NC(=O)[C@H](C)N)C(=O)N[C@H](C(=O)N[C@H](C(=O)N[C@H](C(=O)N[C@H](C(=O)N[C@@H](CCCCN)C(=O)O)C(C)C)[C@@H](C)O)C(C)C)[C@@H](C)O. The Hall–Kier alpha value is -5.46. The van der Waals surface area contributed by atoms with Crippen molar-refractivity contribution in [3.8, 4) is 0 Å². The molecule has 0 aromatic rings. The lowest BCUT2D eigenvalue weighted by Gasteiger charge is -2.31. The van der Waals surface area contributed by atoms with Crippen LogP contribution in [0.25, 0.3) is 0 Å². The number of rotatable bonds is 31. The van der Waals surface area contributed by atoms with E-state index in [2.05, 4.69) is 42.5 Å². The van der Waals surface area contributed by atoms with Crippen molar-refractivity contribution < 1.29 is 63.3 Å². The number of amides is 9. The summed E-state index contributed by atoms with van der Waals surface area (Å²) in [4.78, 5) is 131. The largest absolute Gasteiger partial charge is 0.480 e. The van der Waals surface area contributed by atoms with Gasteiger partial charge in [-0.25, -0.2) is 4.79 Å². The standard InChI is InChI=1S/C43H79N11O13/c1-12-22(8)32(52-37(60)27(17-19(2)3)49-36(59)28(18-29(46)57)48-35(58)23(9)45)40(63)54-34(25(11)56)42(65)51-31(21(6)7)39(62)53-33(24(10)55)41(64)50-30(20(4)5)38(61)47-26(43(66)67)15-13-14-16-44/h19-28,30-34,55-56H,12-18,44-45H2,1-11H3,(H2,46,57)(H,47,61)(H,48,58)(H,49,59)(H,50,64)(H,51,65)(H,52,60)(H,53,62)(H,54,63)(H,66,67)/t22-,23-,24+,25+,26-,27-,28-,30-,31-,32-,33-,34-/m0/s1. The molecule has 0 aliphatic rings. The van der Waals surface area contributed by atoms with E-state index in [0.29, 0.717) is 25.8 Å². The second-order valence-electron chi connectivity index (χ2n) is 18.2. The maximum atomic E-state index is 13.9. The molecular formula is C43H79N11O13.